The summed E-state index contributed by atoms with van der Waals surface area (Å²) in [6.45, 7) is 0. The van der Waals surface area contributed by atoms with Crippen LogP contribution in [-0.4, -0.2) is 12.2 Å². The Kier molecular flexibility index (Phi) is 4.50. The molecule has 112 valence electrons. The van der Waals surface area contributed by atoms with Crippen LogP contribution in [0.1, 0.15) is 17.4 Å². The van der Waals surface area contributed by atoms with Gasteiger partial charge >= 0.3 is 6.18 Å². The molecule has 6 heteroatoms. The first-order chi connectivity index (χ1) is 9.91. The van der Waals surface area contributed by atoms with E-state index >= 15 is 0 Å². The third-order valence-electron chi connectivity index (χ3n) is 2.94. The molecule has 0 heterocycles. The van der Waals surface area contributed by atoms with Crippen LogP contribution < -0.4 is 5.32 Å². The predicted octanol–water partition coefficient (Wildman–Crippen LogP) is 4.09. The van der Waals surface area contributed by atoms with Gasteiger partial charge in [-0.2, -0.15) is 13.2 Å². The van der Waals surface area contributed by atoms with Crippen LogP contribution in [0.25, 0.3) is 0 Å². The third kappa shape index (κ3) is 3.74. The van der Waals surface area contributed by atoms with Crippen LogP contribution >= 0.6 is 0 Å². The summed E-state index contributed by atoms with van der Waals surface area (Å²) in [5.74, 6) is 0. The summed E-state index contributed by atoms with van der Waals surface area (Å²) < 4.78 is 42.3. The van der Waals surface area contributed by atoms with Gasteiger partial charge in [0.15, 0.2) is 6.29 Å². The Labute approximate surface area is 120 Å². The molecule has 0 bridgehead atoms. The van der Waals surface area contributed by atoms with E-state index in [0.717, 1.165) is 12.1 Å². The topological polar surface area (TPSA) is 41.5 Å². The maximum atomic E-state index is 12.5. The van der Waals surface area contributed by atoms with Gasteiger partial charge < -0.3 is 15.2 Å². The van der Waals surface area contributed by atoms with Gasteiger partial charge in [0.25, 0.3) is 0 Å². The molecule has 3 nitrogen and oxygen atoms in total. The van der Waals surface area contributed by atoms with E-state index in [2.05, 4.69) is 5.32 Å². The molecule has 2 aromatic rings. The van der Waals surface area contributed by atoms with E-state index in [0.29, 0.717) is 16.9 Å². The normalized spacial score (nSPS) is 13.0. The van der Waals surface area contributed by atoms with Crippen molar-refractivity contribution in [3.8, 4) is 0 Å². The average molecular weight is 297 g/mol. The lowest BCUT2D eigenvalue weighted by molar-refractivity contribution is -0.137. The molecule has 2 aromatic carbocycles. The summed E-state index contributed by atoms with van der Waals surface area (Å²) in [4.78, 5) is 0. The minimum Gasteiger partial charge on any atom is -0.364 e. The zero-order valence-corrected chi connectivity index (χ0v) is 11.2. The van der Waals surface area contributed by atoms with E-state index in [4.69, 9.17) is 4.74 Å². The summed E-state index contributed by atoms with van der Waals surface area (Å²) in [5, 5.41) is 12.7. The van der Waals surface area contributed by atoms with Crippen molar-refractivity contribution in [2.24, 2.45) is 0 Å². The molecule has 0 saturated heterocycles. The van der Waals surface area contributed by atoms with Gasteiger partial charge in [-0.25, -0.2) is 0 Å². The van der Waals surface area contributed by atoms with E-state index in [9.17, 15) is 18.3 Å². The monoisotopic (exact) mass is 297 g/mol. The number of nitrogens with one attached hydrogen (secondary N) is 1. The summed E-state index contributed by atoms with van der Waals surface area (Å²) >= 11 is 0. The summed E-state index contributed by atoms with van der Waals surface area (Å²) in [5.41, 5.74) is 0.837. The molecule has 0 amide bonds. The lowest BCUT2D eigenvalue weighted by Gasteiger charge is -2.16. The molecular weight excluding hydrogens is 283 g/mol. The molecule has 0 fully saturated rings. The minimum absolute atomic E-state index is 0.485. The highest BCUT2D eigenvalue weighted by atomic mass is 19.4. The maximum absolute atomic E-state index is 12.5. The van der Waals surface area contributed by atoms with Gasteiger partial charge in [-0.1, -0.05) is 18.2 Å². The van der Waals surface area contributed by atoms with Gasteiger partial charge in [0, 0.05) is 24.0 Å². The van der Waals surface area contributed by atoms with E-state index in [1.165, 1.54) is 19.2 Å². The Morgan fingerprint density at radius 2 is 1.67 bits per heavy atom. The van der Waals surface area contributed by atoms with Crippen molar-refractivity contribution in [3.05, 3.63) is 59.7 Å². The quantitative estimate of drug-likeness (QED) is 0.835. The fourth-order valence-corrected chi connectivity index (χ4v) is 1.85. The molecule has 0 aliphatic carbocycles. The van der Waals surface area contributed by atoms with Gasteiger partial charge in [0.2, 0.25) is 0 Å². The lowest BCUT2D eigenvalue weighted by atomic mass is 10.1. The van der Waals surface area contributed by atoms with Crippen LogP contribution in [0.15, 0.2) is 48.5 Å². The van der Waals surface area contributed by atoms with Gasteiger partial charge in [-0.15, -0.1) is 0 Å². The van der Waals surface area contributed by atoms with Crippen LogP contribution in [0.4, 0.5) is 24.5 Å². The fraction of sp³-hybridized carbons (Fsp3) is 0.200. The fourth-order valence-electron chi connectivity index (χ4n) is 1.85. The van der Waals surface area contributed by atoms with Crippen molar-refractivity contribution >= 4 is 11.4 Å². The first kappa shape index (κ1) is 15.3. The first-order valence-corrected chi connectivity index (χ1v) is 6.16. The number of hydrogen-bond acceptors (Lipinski definition) is 3. The van der Waals surface area contributed by atoms with Gasteiger partial charge in [-0.3, -0.25) is 0 Å². The highest BCUT2D eigenvalue weighted by Gasteiger charge is 2.29. The number of halogens is 3. The van der Waals surface area contributed by atoms with Crippen molar-refractivity contribution in [1.29, 1.82) is 0 Å². The second kappa shape index (κ2) is 6.15. The number of benzene rings is 2. The zero-order valence-electron chi connectivity index (χ0n) is 11.2. The highest BCUT2D eigenvalue weighted by molar-refractivity contribution is 5.63. The number of aliphatic hydroxyl groups is 1. The van der Waals surface area contributed by atoms with Crippen molar-refractivity contribution in [3.63, 3.8) is 0 Å². The summed E-state index contributed by atoms with van der Waals surface area (Å²) in [6, 6.07) is 11.5. The van der Waals surface area contributed by atoms with Gasteiger partial charge in [0.05, 0.1) is 5.56 Å². The molecule has 0 radical (unpaired) electrons. The molecule has 0 spiro atoms. The molecule has 2 N–H and O–H groups in total. The largest absolute Gasteiger partial charge is 0.416 e. The third-order valence-corrected chi connectivity index (χ3v) is 2.94. The Hall–Kier alpha value is -2.05. The van der Waals surface area contributed by atoms with Crippen molar-refractivity contribution < 1.29 is 23.0 Å². The van der Waals surface area contributed by atoms with Crippen LogP contribution in [0.2, 0.25) is 0 Å². The Bertz CT molecular complexity index is 597. The van der Waals surface area contributed by atoms with Crippen LogP contribution in [0.3, 0.4) is 0 Å². The Morgan fingerprint density at radius 1 is 1.05 bits per heavy atom. The van der Waals surface area contributed by atoms with E-state index < -0.39 is 18.0 Å². The van der Waals surface area contributed by atoms with Crippen LogP contribution in [0.5, 0.6) is 0 Å². The summed E-state index contributed by atoms with van der Waals surface area (Å²) in [6.07, 6.45) is -5.47. The molecule has 1 unspecified atom stereocenters. The van der Waals surface area contributed by atoms with E-state index in [-0.39, 0.29) is 0 Å². The minimum atomic E-state index is -4.36. The molecule has 2 rings (SSSR count). The number of alkyl halides is 3. The molecule has 0 aliphatic rings. The zero-order chi connectivity index (χ0) is 15.5. The number of hydrogen-bond donors (Lipinski definition) is 2. The number of methoxy groups -OCH3 is 1. The van der Waals surface area contributed by atoms with Crippen molar-refractivity contribution in [1.82, 2.24) is 0 Å². The molecular formula is C15H14F3NO2. The first-order valence-electron chi connectivity index (χ1n) is 6.16. The highest BCUT2D eigenvalue weighted by Crippen LogP contribution is 2.31. The van der Waals surface area contributed by atoms with Crippen molar-refractivity contribution in [2.75, 3.05) is 12.4 Å². The van der Waals surface area contributed by atoms with Crippen LogP contribution in [0, 0.1) is 0 Å². The van der Waals surface area contributed by atoms with Crippen LogP contribution in [-0.2, 0) is 10.9 Å². The smallest absolute Gasteiger partial charge is 0.364 e. The maximum Gasteiger partial charge on any atom is 0.416 e. The number of para-hydroxylation sites is 1. The molecule has 0 aromatic heterocycles. The summed E-state index contributed by atoms with van der Waals surface area (Å²) in [7, 11) is 1.36. The Balaban J connectivity index is 2.23. The predicted molar refractivity (Wildman–Crippen MR) is 73.1 cm³/mol. The second-order valence-corrected chi connectivity index (χ2v) is 4.38. The van der Waals surface area contributed by atoms with E-state index in [1.807, 2.05) is 0 Å². The van der Waals surface area contributed by atoms with Gasteiger partial charge in [-0.05, 0) is 30.3 Å². The SMILES string of the molecule is COC(O)c1ccccc1Nc1ccc(C(F)(F)F)cc1. The molecule has 0 aliphatic heterocycles. The van der Waals surface area contributed by atoms with Crippen molar-refractivity contribution in [2.45, 2.75) is 12.5 Å². The van der Waals surface area contributed by atoms with Gasteiger partial charge in [0.1, 0.15) is 0 Å². The molecule has 0 saturated carbocycles. The second-order valence-electron chi connectivity index (χ2n) is 4.38. The number of anilines is 2. The average Bonchev–Trinajstić information content (AvgIpc) is 2.46. The molecule has 21 heavy (non-hydrogen) atoms. The number of aliphatic hydroxyl groups excluding tert-OH is 1. The Morgan fingerprint density at radius 3 is 2.24 bits per heavy atom. The standard InChI is InChI=1S/C15H14F3NO2/c1-21-14(20)12-4-2-3-5-13(12)19-11-8-6-10(7-9-11)15(16,17)18/h2-9,14,19-20H,1H3. The number of ether oxygens (including phenoxy) is 1. The number of rotatable bonds is 4. The molecule has 1 atom stereocenters. The van der Waals surface area contributed by atoms with E-state index in [1.54, 1.807) is 24.3 Å². The lowest BCUT2D eigenvalue weighted by Crippen LogP contribution is -2.05.